The van der Waals surface area contributed by atoms with E-state index in [-0.39, 0.29) is 24.0 Å². The number of benzene rings is 2. The summed E-state index contributed by atoms with van der Waals surface area (Å²) in [7, 11) is 0. The third-order valence-electron chi connectivity index (χ3n) is 4.88. The summed E-state index contributed by atoms with van der Waals surface area (Å²) in [6, 6.07) is 11.4. The molecule has 0 saturated heterocycles. The van der Waals surface area contributed by atoms with Gasteiger partial charge in [-0.05, 0) is 56.0 Å². The summed E-state index contributed by atoms with van der Waals surface area (Å²) >= 11 is 0. The third-order valence-corrected chi connectivity index (χ3v) is 4.88. The lowest BCUT2D eigenvalue weighted by Crippen LogP contribution is -2.22. The van der Waals surface area contributed by atoms with Crippen LogP contribution < -0.4 is 16.4 Å². The van der Waals surface area contributed by atoms with E-state index in [0.29, 0.717) is 5.69 Å². The van der Waals surface area contributed by atoms with Gasteiger partial charge < -0.3 is 16.4 Å². The first-order valence-electron chi connectivity index (χ1n) is 9.20. The van der Waals surface area contributed by atoms with Gasteiger partial charge in [-0.15, -0.1) is 5.10 Å². The molecule has 0 saturated carbocycles. The van der Waals surface area contributed by atoms with E-state index in [1.807, 2.05) is 58.0 Å². The first kappa shape index (κ1) is 20.1. The van der Waals surface area contributed by atoms with Gasteiger partial charge in [0.15, 0.2) is 11.5 Å². The number of carbonyl (C=O) groups excluding carboxylic acids is 2. The van der Waals surface area contributed by atoms with Crippen molar-refractivity contribution in [2.75, 3.05) is 16.4 Å². The number of nitrogen functional groups attached to an aromatic ring is 1. The van der Waals surface area contributed by atoms with Crippen molar-refractivity contribution >= 4 is 29.0 Å². The van der Waals surface area contributed by atoms with Crippen molar-refractivity contribution in [3.8, 4) is 0 Å². The van der Waals surface area contributed by atoms with Gasteiger partial charge in [0.2, 0.25) is 5.91 Å². The summed E-state index contributed by atoms with van der Waals surface area (Å²) < 4.78 is 1.21. The van der Waals surface area contributed by atoms with E-state index in [2.05, 4.69) is 20.9 Å². The summed E-state index contributed by atoms with van der Waals surface area (Å²) in [4.78, 5) is 25.0. The largest absolute Gasteiger partial charge is 0.382 e. The Balaban J connectivity index is 1.72. The second-order valence-corrected chi connectivity index (χ2v) is 7.00. The van der Waals surface area contributed by atoms with Crippen LogP contribution in [0.3, 0.4) is 0 Å². The number of anilines is 3. The average molecular weight is 392 g/mol. The summed E-state index contributed by atoms with van der Waals surface area (Å²) in [6.45, 7) is 7.57. The Morgan fingerprint density at radius 1 is 0.966 bits per heavy atom. The molecule has 0 radical (unpaired) electrons. The van der Waals surface area contributed by atoms with Gasteiger partial charge in [0.1, 0.15) is 6.54 Å². The topological polar surface area (TPSA) is 115 Å². The van der Waals surface area contributed by atoms with E-state index in [0.717, 1.165) is 27.9 Å². The van der Waals surface area contributed by atoms with Crippen LogP contribution in [0.2, 0.25) is 0 Å². The van der Waals surface area contributed by atoms with Gasteiger partial charge in [0.05, 0.1) is 0 Å². The van der Waals surface area contributed by atoms with Gasteiger partial charge in [0.25, 0.3) is 5.91 Å². The summed E-state index contributed by atoms with van der Waals surface area (Å²) in [5, 5.41) is 13.4. The van der Waals surface area contributed by atoms with Crippen molar-refractivity contribution < 1.29 is 9.59 Å². The predicted molar refractivity (Wildman–Crippen MR) is 113 cm³/mol. The lowest BCUT2D eigenvalue weighted by Gasteiger charge is -2.12. The van der Waals surface area contributed by atoms with Crippen LogP contribution in [0.1, 0.15) is 32.7 Å². The van der Waals surface area contributed by atoms with Crippen molar-refractivity contribution in [3.05, 3.63) is 64.3 Å². The molecule has 0 aliphatic heterocycles. The lowest BCUT2D eigenvalue weighted by atomic mass is 10.1. The number of hydrogen-bond donors (Lipinski definition) is 3. The molecule has 8 heteroatoms. The quantitative estimate of drug-likeness (QED) is 0.617. The number of aryl methyl sites for hydroxylation is 3. The number of para-hydroxylation sites is 1. The lowest BCUT2D eigenvalue weighted by molar-refractivity contribution is -0.116. The minimum Gasteiger partial charge on any atom is -0.382 e. The molecule has 2 amide bonds. The van der Waals surface area contributed by atoms with Crippen LogP contribution in [0.5, 0.6) is 0 Å². The van der Waals surface area contributed by atoms with Crippen LogP contribution >= 0.6 is 0 Å². The molecule has 0 aliphatic rings. The van der Waals surface area contributed by atoms with Crippen molar-refractivity contribution in [2.24, 2.45) is 0 Å². The maximum Gasteiger partial charge on any atom is 0.280 e. The van der Waals surface area contributed by atoms with Crippen molar-refractivity contribution in [1.82, 2.24) is 15.0 Å². The zero-order valence-corrected chi connectivity index (χ0v) is 16.9. The number of rotatable bonds is 5. The molecule has 2 aromatic carbocycles. The minimum absolute atomic E-state index is 0.0224. The highest BCUT2D eigenvalue weighted by Gasteiger charge is 2.20. The van der Waals surface area contributed by atoms with Gasteiger partial charge in [-0.25, -0.2) is 4.68 Å². The second-order valence-electron chi connectivity index (χ2n) is 7.00. The molecule has 0 bridgehead atoms. The van der Waals surface area contributed by atoms with Crippen LogP contribution in [-0.4, -0.2) is 26.8 Å². The van der Waals surface area contributed by atoms with Crippen LogP contribution in [0.25, 0.3) is 0 Å². The third kappa shape index (κ3) is 4.26. The molecule has 0 spiro atoms. The Morgan fingerprint density at radius 3 is 2.28 bits per heavy atom. The highest BCUT2D eigenvalue weighted by molar-refractivity contribution is 6.06. The number of hydrogen-bond acceptors (Lipinski definition) is 5. The predicted octanol–water partition coefficient (Wildman–Crippen LogP) is 2.98. The smallest absolute Gasteiger partial charge is 0.280 e. The molecule has 150 valence electrons. The van der Waals surface area contributed by atoms with Crippen molar-refractivity contribution in [2.45, 2.75) is 34.2 Å². The standard InChI is InChI=1S/C21H24N6O2/c1-12-7-6-10-16(15(12)4)23-21(29)19-20(22)27(26-25-19)11-17(28)24-18-13(2)8-5-9-14(18)3/h5-10H,11,22H2,1-4H3,(H,23,29)(H,24,28). The molecule has 0 atom stereocenters. The fourth-order valence-electron chi connectivity index (χ4n) is 2.99. The maximum absolute atomic E-state index is 12.6. The fraction of sp³-hybridized carbons (Fsp3) is 0.238. The van der Waals surface area contributed by atoms with Crippen LogP contribution in [0.15, 0.2) is 36.4 Å². The Kier molecular flexibility index (Phi) is 5.63. The van der Waals surface area contributed by atoms with E-state index in [4.69, 9.17) is 5.73 Å². The van der Waals surface area contributed by atoms with Crippen LogP contribution in [0, 0.1) is 27.7 Å². The number of amides is 2. The fourth-order valence-corrected chi connectivity index (χ4v) is 2.99. The molecule has 4 N–H and O–H groups in total. The molecule has 0 fully saturated rings. The van der Waals surface area contributed by atoms with Gasteiger partial charge in [-0.2, -0.15) is 0 Å². The molecule has 3 aromatic rings. The second kappa shape index (κ2) is 8.14. The maximum atomic E-state index is 12.6. The van der Waals surface area contributed by atoms with Crippen LogP contribution in [-0.2, 0) is 11.3 Å². The SMILES string of the molecule is Cc1cccc(NC(=O)c2nnn(CC(=O)Nc3c(C)cccc3C)c2N)c1C. The van der Waals surface area contributed by atoms with Gasteiger partial charge in [-0.1, -0.05) is 35.5 Å². The molecule has 1 heterocycles. The normalized spacial score (nSPS) is 10.6. The monoisotopic (exact) mass is 392 g/mol. The summed E-state index contributed by atoms with van der Waals surface area (Å²) in [6.07, 6.45) is 0. The van der Waals surface area contributed by atoms with Gasteiger partial charge in [-0.3, -0.25) is 9.59 Å². The Bertz CT molecular complexity index is 1070. The molecule has 29 heavy (non-hydrogen) atoms. The average Bonchev–Trinajstić information content (AvgIpc) is 3.02. The highest BCUT2D eigenvalue weighted by atomic mass is 16.2. The van der Waals surface area contributed by atoms with Gasteiger partial charge >= 0.3 is 0 Å². The van der Waals surface area contributed by atoms with Crippen molar-refractivity contribution in [3.63, 3.8) is 0 Å². The Morgan fingerprint density at radius 2 is 1.59 bits per heavy atom. The van der Waals surface area contributed by atoms with Gasteiger partial charge in [0, 0.05) is 11.4 Å². The molecule has 8 nitrogen and oxygen atoms in total. The summed E-state index contributed by atoms with van der Waals surface area (Å²) in [5.74, 6) is -0.748. The number of carbonyl (C=O) groups is 2. The molecule has 0 aliphatic carbocycles. The first-order valence-corrected chi connectivity index (χ1v) is 9.20. The molecule has 3 rings (SSSR count). The van der Waals surface area contributed by atoms with E-state index < -0.39 is 5.91 Å². The number of nitrogens with zero attached hydrogens (tertiary/aromatic N) is 3. The van der Waals surface area contributed by atoms with Crippen molar-refractivity contribution in [1.29, 1.82) is 0 Å². The number of aromatic nitrogens is 3. The molecular weight excluding hydrogens is 368 g/mol. The zero-order valence-electron chi connectivity index (χ0n) is 16.9. The molecule has 1 aromatic heterocycles. The number of nitrogens with two attached hydrogens (primary N) is 1. The Hall–Kier alpha value is -3.68. The molecular formula is C21H24N6O2. The van der Waals surface area contributed by atoms with E-state index in [9.17, 15) is 9.59 Å². The van der Waals surface area contributed by atoms with E-state index in [1.165, 1.54) is 4.68 Å². The first-order chi connectivity index (χ1) is 13.8. The zero-order chi connectivity index (χ0) is 21.1. The van der Waals surface area contributed by atoms with E-state index >= 15 is 0 Å². The van der Waals surface area contributed by atoms with Crippen LogP contribution in [0.4, 0.5) is 17.2 Å². The minimum atomic E-state index is -0.474. The highest BCUT2D eigenvalue weighted by Crippen LogP contribution is 2.21. The van der Waals surface area contributed by atoms with E-state index in [1.54, 1.807) is 6.07 Å². The number of nitrogens with one attached hydrogen (secondary N) is 2. The Labute approximate surface area is 169 Å². The summed E-state index contributed by atoms with van der Waals surface area (Å²) in [5.41, 5.74) is 11.4. The molecule has 0 unspecified atom stereocenters.